The SMILES string of the molecule is C[C@H]1COCCN1[C@]1(C)CCN(C(=O)Nc2c(C(N)=O)oc3cc(Cl)ccc23)C1. The molecule has 0 saturated carbocycles. The molecular formula is C20H25ClN4O4. The van der Waals surface area contributed by atoms with Crippen molar-refractivity contribution in [1.82, 2.24) is 9.80 Å². The topological polar surface area (TPSA) is 101 Å². The van der Waals surface area contributed by atoms with Gasteiger partial charge in [-0.3, -0.25) is 9.69 Å². The van der Waals surface area contributed by atoms with Gasteiger partial charge in [0.25, 0.3) is 5.91 Å². The van der Waals surface area contributed by atoms with E-state index in [9.17, 15) is 9.59 Å². The molecule has 2 saturated heterocycles. The highest BCUT2D eigenvalue weighted by atomic mass is 35.5. The van der Waals surface area contributed by atoms with Crippen molar-refractivity contribution in [3.8, 4) is 0 Å². The Hall–Kier alpha value is -2.29. The van der Waals surface area contributed by atoms with Crippen LogP contribution in [-0.4, -0.2) is 66.2 Å². The Labute approximate surface area is 173 Å². The highest BCUT2D eigenvalue weighted by molar-refractivity contribution is 6.31. The fourth-order valence-electron chi connectivity index (χ4n) is 4.44. The van der Waals surface area contributed by atoms with Crippen molar-refractivity contribution < 1.29 is 18.7 Å². The molecule has 0 radical (unpaired) electrons. The van der Waals surface area contributed by atoms with Crippen molar-refractivity contribution in [3.05, 3.63) is 29.0 Å². The molecule has 2 aromatic rings. The van der Waals surface area contributed by atoms with Gasteiger partial charge in [0.1, 0.15) is 11.3 Å². The molecule has 2 fully saturated rings. The maximum absolute atomic E-state index is 13.0. The van der Waals surface area contributed by atoms with Gasteiger partial charge < -0.3 is 25.1 Å². The molecule has 2 atom stereocenters. The molecule has 2 aliphatic rings. The monoisotopic (exact) mass is 420 g/mol. The van der Waals surface area contributed by atoms with E-state index in [1.807, 2.05) is 0 Å². The quantitative estimate of drug-likeness (QED) is 0.795. The number of rotatable bonds is 3. The molecule has 4 rings (SSSR count). The van der Waals surface area contributed by atoms with E-state index in [2.05, 4.69) is 24.1 Å². The van der Waals surface area contributed by atoms with Crippen molar-refractivity contribution in [2.45, 2.75) is 31.8 Å². The van der Waals surface area contributed by atoms with Crippen molar-refractivity contribution in [1.29, 1.82) is 0 Å². The summed E-state index contributed by atoms with van der Waals surface area (Å²) in [5, 5.41) is 3.89. The first-order chi connectivity index (χ1) is 13.8. The van der Waals surface area contributed by atoms with E-state index in [0.29, 0.717) is 48.3 Å². The number of carbonyl (C=O) groups excluding carboxylic acids is 2. The maximum atomic E-state index is 13.0. The number of likely N-dealkylation sites (tertiary alicyclic amines) is 1. The van der Waals surface area contributed by atoms with Crippen LogP contribution in [0.15, 0.2) is 22.6 Å². The van der Waals surface area contributed by atoms with E-state index < -0.39 is 5.91 Å². The van der Waals surface area contributed by atoms with E-state index in [4.69, 9.17) is 26.5 Å². The normalized spacial score (nSPS) is 25.5. The Morgan fingerprint density at radius 3 is 2.86 bits per heavy atom. The number of primary amides is 1. The minimum Gasteiger partial charge on any atom is -0.449 e. The fraction of sp³-hybridized carbons (Fsp3) is 0.500. The molecule has 8 nitrogen and oxygen atoms in total. The second kappa shape index (κ2) is 7.51. The van der Waals surface area contributed by atoms with Crippen LogP contribution in [0.5, 0.6) is 0 Å². The van der Waals surface area contributed by atoms with Crippen LogP contribution in [0.25, 0.3) is 11.0 Å². The first-order valence-electron chi connectivity index (χ1n) is 9.71. The van der Waals surface area contributed by atoms with E-state index in [-0.39, 0.29) is 23.0 Å². The van der Waals surface area contributed by atoms with E-state index >= 15 is 0 Å². The van der Waals surface area contributed by atoms with Gasteiger partial charge in [-0.15, -0.1) is 0 Å². The van der Waals surface area contributed by atoms with Crippen LogP contribution in [-0.2, 0) is 4.74 Å². The molecule has 1 aromatic carbocycles. The number of hydrogen-bond acceptors (Lipinski definition) is 5. The van der Waals surface area contributed by atoms with Gasteiger partial charge in [-0.1, -0.05) is 11.6 Å². The smallest absolute Gasteiger partial charge is 0.322 e. The number of carbonyl (C=O) groups is 2. The van der Waals surface area contributed by atoms with Crippen molar-refractivity contribution in [2.75, 3.05) is 38.2 Å². The van der Waals surface area contributed by atoms with Gasteiger partial charge >= 0.3 is 6.03 Å². The van der Waals surface area contributed by atoms with Crippen LogP contribution in [0, 0.1) is 0 Å². The molecule has 29 heavy (non-hydrogen) atoms. The number of nitrogens with zero attached hydrogens (tertiary/aromatic N) is 2. The molecule has 0 spiro atoms. The van der Waals surface area contributed by atoms with Crippen LogP contribution < -0.4 is 11.1 Å². The number of urea groups is 1. The predicted octanol–water partition coefficient (Wildman–Crippen LogP) is 2.90. The summed E-state index contributed by atoms with van der Waals surface area (Å²) < 4.78 is 11.1. The van der Waals surface area contributed by atoms with Crippen molar-refractivity contribution in [3.63, 3.8) is 0 Å². The zero-order chi connectivity index (χ0) is 20.8. The average molecular weight is 421 g/mol. The number of furan rings is 1. The van der Waals surface area contributed by atoms with Crippen LogP contribution in [0.2, 0.25) is 5.02 Å². The fourth-order valence-corrected chi connectivity index (χ4v) is 4.60. The molecule has 0 aliphatic carbocycles. The number of hydrogen-bond donors (Lipinski definition) is 2. The highest BCUT2D eigenvalue weighted by Gasteiger charge is 2.43. The minimum atomic E-state index is -0.749. The molecule has 1 aromatic heterocycles. The van der Waals surface area contributed by atoms with Gasteiger partial charge in [-0.25, -0.2) is 4.79 Å². The van der Waals surface area contributed by atoms with Gasteiger partial charge in [0.2, 0.25) is 5.76 Å². The Balaban J connectivity index is 1.54. The lowest BCUT2D eigenvalue weighted by Gasteiger charge is -2.44. The molecule has 3 heterocycles. The lowest BCUT2D eigenvalue weighted by molar-refractivity contribution is -0.0491. The van der Waals surface area contributed by atoms with Crippen LogP contribution in [0.1, 0.15) is 30.8 Å². The molecule has 3 amide bonds. The summed E-state index contributed by atoms with van der Waals surface area (Å²) in [5.41, 5.74) is 6.02. The third-order valence-electron chi connectivity index (χ3n) is 5.91. The lowest BCUT2D eigenvalue weighted by atomic mass is 9.96. The summed E-state index contributed by atoms with van der Waals surface area (Å²) in [6, 6.07) is 4.99. The Kier molecular flexibility index (Phi) is 5.18. The molecule has 0 unspecified atom stereocenters. The Bertz CT molecular complexity index is 961. The van der Waals surface area contributed by atoms with Gasteiger partial charge in [-0.05, 0) is 32.4 Å². The summed E-state index contributed by atoms with van der Waals surface area (Å²) in [4.78, 5) is 29.0. The van der Waals surface area contributed by atoms with Gasteiger partial charge in [-0.2, -0.15) is 0 Å². The molecular weight excluding hydrogens is 396 g/mol. The van der Waals surface area contributed by atoms with Crippen molar-refractivity contribution in [2.24, 2.45) is 5.73 Å². The lowest BCUT2D eigenvalue weighted by Crippen LogP contribution is -2.57. The summed E-state index contributed by atoms with van der Waals surface area (Å²) >= 11 is 6.00. The third-order valence-corrected chi connectivity index (χ3v) is 6.14. The van der Waals surface area contributed by atoms with Crippen LogP contribution in [0.3, 0.4) is 0 Å². The Morgan fingerprint density at radius 2 is 2.14 bits per heavy atom. The zero-order valence-corrected chi connectivity index (χ0v) is 17.3. The predicted molar refractivity (Wildman–Crippen MR) is 110 cm³/mol. The highest BCUT2D eigenvalue weighted by Crippen LogP contribution is 2.34. The number of amides is 3. The van der Waals surface area contributed by atoms with Crippen LogP contribution in [0.4, 0.5) is 10.5 Å². The molecule has 9 heteroatoms. The zero-order valence-electron chi connectivity index (χ0n) is 16.5. The number of benzene rings is 1. The number of morpholine rings is 1. The summed E-state index contributed by atoms with van der Waals surface area (Å²) in [6.07, 6.45) is 0.870. The molecule has 0 bridgehead atoms. The molecule has 156 valence electrons. The van der Waals surface area contributed by atoms with E-state index in [1.165, 1.54) is 0 Å². The summed E-state index contributed by atoms with van der Waals surface area (Å²) in [7, 11) is 0. The van der Waals surface area contributed by atoms with Gasteiger partial charge in [0.15, 0.2) is 0 Å². The number of anilines is 1. The maximum Gasteiger partial charge on any atom is 0.322 e. The van der Waals surface area contributed by atoms with E-state index in [0.717, 1.165) is 13.0 Å². The molecule has 3 N–H and O–H groups in total. The minimum absolute atomic E-state index is 0.0839. The second-order valence-corrected chi connectivity index (χ2v) is 8.46. The third kappa shape index (κ3) is 3.68. The molecule has 2 aliphatic heterocycles. The summed E-state index contributed by atoms with van der Waals surface area (Å²) in [5.74, 6) is -0.833. The van der Waals surface area contributed by atoms with E-state index in [1.54, 1.807) is 23.1 Å². The first kappa shape index (κ1) is 20.0. The van der Waals surface area contributed by atoms with Gasteiger partial charge in [0, 0.05) is 47.7 Å². The number of fused-ring (bicyclic) bond motifs is 1. The van der Waals surface area contributed by atoms with Crippen molar-refractivity contribution >= 4 is 40.2 Å². The largest absolute Gasteiger partial charge is 0.449 e. The number of ether oxygens (including phenoxy) is 1. The second-order valence-electron chi connectivity index (χ2n) is 8.03. The number of nitrogens with two attached hydrogens (primary N) is 1. The summed E-state index contributed by atoms with van der Waals surface area (Å²) in [6.45, 7) is 7.81. The number of halogens is 1. The average Bonchev–Trinajstić information content (AvgIpc) is 3.24. The standard InChI is InChI=1S/C20H25ClN4O4/c1-12-10-28-8-7-25(12)20(2)5-6-24(11-20)19(27)23-16-14-4-3-13(21)9-15(14)29-17(16)18(22)26/h3-4,9,12H,5-8,10-11H2,1-2H3,(H2,22,26)(H,23,27)/t12-,20+/m0/s1. The Morgan fingerprint density at radius 1 is 1.34 bits per heavy atom. The van der Waals surface area contributed by atoms with Crippen LogP contribution >= 0.6 is 11.6 Å². The number of nitrogens with one attached hydrogen (secondary N) is 1. The first-order valence-corrected chi connectivity index (χ1v) is 10.1. The van der Waals surface area contributed by atoms with Gasteiger partial charge in [0.05, 0.1) is 13.2 Å².